The molecule has 0 saturated carbocycles. The molecule has 0 fully saturated rings. The molecule has 6 rings (SSSR count). The van der Waals surface area contributed by atoms with Crippen LogP contribution < -0.4 is 0 Å². The minimum atomic E-state index is -5.29. The molecule has 0 unspecified atom stereocenters. The van der Waals surface area contributed by atoms with E-state index in [1.165, 1.54) is 0 Å². The molecule has 0 atom stereocenters. The Morgan fingerprint density at radius 1 is 0.568 bits per heavy atom. The second-order valence-electron chi connectivity index (χ2n) is 8.51. The van der Waals surface area contributed by atoms with E-state index >= 15 is 0 Å². The van der Waals surface area contributed by atoms with Gasteiger partial charge in [0.1, 0.15) is 17.0 Å². The SMILES string of the molecule is FC(F)(F)c1cccc(-c2nnc(-c3cc4ccccc4o3)c3cc4ccccc4cc23)c1C(F)(F)F. The number of aromatic nitrogens is 2. The molecule has 0 aliphatic rings. The molecule has 0 radical (unpaired) electrons. The fourth-order valence-electron chi connectivity index (χ4n) is 4.61. The number of rotatable bonds is 2. The van der Waals surface area contributed by atoms with Crippen molar-refractivity contribution in [3.8, 4) is 22.7 Å². The van der Waals surface area contributed by atoms with E-state index in [0.717, 1.165) is 22.9 Å². The highest BCUT2D eigenvalue weighted by Gasteiger charge is 2.45. The average molecular weight is 508 g/mol. The second-order valence-corrected chi connectivity index (χ2v) is 8.51. The Bertz CT molecular complexity index is 1790. The van der Waals surface area contributed by atoms with Gasteiger partial charge in [0, 0.05) is 21.7 Å². The summed E-state index contributed by atoms with van der Waals surface area (Å²) in [6, 6.07) is 21.8. The second kappa shape index (κ2) is 8.06. The van der Waals surface area contributed by atoms with Gasteiger partial charge in [-0.15, -0.1) is 10.2 Å². The summed E-state index contributed by atoms with van der Waals surface area (Å²) in [4.78, 5) is 0. The predicted molar refractivity (Wildman–Crippen MR) is 128 cm³/mol. The van der Waals surface area contributed by atoms with E-state index in [1.54, 1.807) is 48.5 Å². The molecule has 6 aromatic rings. The molecule has 9 heteroatoms. The van der Waals surface area contributed by atoms with Gasteiger partial charge in [0.2, 0.25) is 0 Å². The van der Waals surface area contributed by atoms with Crippen LogP contribution in [0.4, 0.5) is 26.3 Å². The van der Waals surface area contributed by atoms with Gasteiger partial charge in [0.15, 0.2) is 5.76 Å². The lowest BCUT2D eigenvalue weighted by atomic mass is 9.93. The van der Waals surface area contributed by atoms with E-state index in [9.17, 15) is 26.3 Å². The Morgan fingerprint density at radius 2 is 1.16 bits per heavy atom. The lowest BCUT2D eigenvalue weighted by Gasteiger charge is -2.19. The lowest BCUT2D eigenvalue weighted by Crippen LogP contribution is -2.18. The van der Waals surface area contributed by atoms with Crippen LogP contribution in [0.2, 0.25) is 0 Å². The standard InChI is InChI=1S/C28H14F6N2O/c29-27(30,31)21-10-5-9-18(24(21)28(32,33)34)25-19-12-15-6-1-2-7-16(15)13-20(19)26(36-35-25)23-14-17-8-3-4-11-22(17)37-23/h1-14H. The molecule has 37 heavy (non-hydrogen) atoms. The van der Waals surface area contributed by atoms with Gasteiger partial charge in [-0.3, -0.25) is 0 Å². The van der Waals surface area contributed by atoms with E-state index in [2.05, 4.69) is 10.2 Å². The summed E-state index contributed by atoms with van der Waals surface area (Å²) in [5.74, 6) is 0.334. The van der Waals surface area contributed by atoms with Crippen LogP contribution >= 0.6 is 0 Å². The molecule has 3 nitrogen and oxygen atoms in total. The largest absolute Gasteiger partial charge is 0.454 e. The van der Waals surface area contributed by atoms with E-state index in [-0.39, 0.29) is 16.8 Å². The zero-order valence-electron chi connectivity index (χ0n) is 18.7. The lowest BCUT2D eigenvalue weighted by molar-refractivity contribution is -0.161. The Hall–Kier alpha value is -4.40. The van der Waals surface area contributed by atoms with Gasteiger partial charge >= 0.3 is 12.4 Å². The summed E-state index contributed by atoms with van der Waals surface area (Å²) in [5, 5.41) is 11.1. The van der Waals surface area contributed by atoms with Crippen LogP contribution in [0.15, 0.2) is 89.3 Å². The maximum absolute atomic E-state index is 14.1. The van der Waals surface area contributed by atoms with Crippen molar-refractivity contribution in [2.75, 3.05) is 0 Å². The summed E-state index contributed by atoms with van der Waals surface area (Å²) in [6.45, 7) is 0. The number of halogens is 6. The number of hydrogen-bond donors (Lipinski definition) is 0. The number of hydrogen-bond acceptors (Lipinski definition) is 3. The normalized spacial score (nSPS) is 12.6. The van der Waals surface area contributed by atoms with Gasteiger partial charge in [-0.2, -0.15) is 26.3 Å². The minimum Gasteiger partial charge on any atom is -0.454 e. The highest BCUT2D eigenvalue weighted by Crippen LogP contribution is 2.46. The van der Waals surface area contributed by atoms with Crippen molar-refractivity contribution in [2.45, 2.75) is 12.4 Å². The number of benzene rings is 4. The maximum Gasteiger partial charge on any atom is 0.417 e. The number of nitrogens with zero attached hydrogens (tertiary/aromatic N) is 2. The van der Waals surface area contributed by atoms with Gasteiger partial charge in [-0.1, -0.05) is 54.6 Å². The number of alkyl halides is 6. The zero-order chi connectivity index (χ0) is 25.9. The summed E-state index contributed by atoms with van der Waals surface area (Å²) < 4.78 is 89.1. The van der Waals surface area contributed by atoms with E-state index in [1.807, 2.05) is 18.2 Å². The molecule has 2 aromatic heterocycles. The molecule has 4 aromatic carbocycles. The molecule has 0 amide bonds. The van der Waals surface area contributed by atoms with Gasteiger partial charge in [-0.05, 0) is 41.1 Å². The van der Waals surface area contributed by atoms with Crippen molar-refractivity contribution in [3.63, 3.8) is 0 Å². The Labute approximate surface area is 205 Å². The smallest absolute Gasteiger partial charge is 0.417 e. The summed E-state index contributed by atoms with van der Waals surface area (Å²) in [6.07, 6.45) is -10.5. The molecule has 0 spiro atoms. The van der Waals surface area contributed by atoms with Crippen LogP contribution in [0.5, 0.6) is 0 Å². The third kappa shape index (κ3) is 3.87. The Kier molecular flexibility index (Phi) is 5.01. The van der Waals surface area contributed by atoms with Crippen LogP contribution in [-0.2, 0) is 12.4 Å². The third-order valence-electron chi connectivity index (χ3n) is 6.21. The molecule has 184 valence electrons. The van der Waals surface area contributed by atoms with Gasteiger partial charge in [-0.25, -0.2) is 0 Å². The van der Waals surface area contributed by atoms with Crippen LogP contribution in [-0.4, -0.2) is 10.2 Å². The fraction of sp³-hybridized carbons (Fsp3) is 0.0714. The minimum absolute atomic E-state index is 0.217. The van der Waals surface area contributed by atoms with Crippen LogP contribution in [0.1, 0.15) is 11.1 Å². The molecular weight excluding hydrogens is 494 g/mol. The van der Waals surface area contributed by atoms with Crippen molar-refractivity contribution in [1.82, 2.24) is 10.2 Å². The molecule has 2 heterocycles. The zero-order valence-corrected chi connectivity index (χ0v) is 18.7. The molecule has 0 aliphatic carbocycles. The highest BCUT2D eigenvalue weighted by molar-refractivity contribution is 6.08. The Balaban J connectivity index is 1.71. The van der Waals surface area contributed by atoms with Crippen molar-refractivity contribution in [1.29, 1.82) is 0 Å². The van der Waals surface area contributed by atoms with Crippen molar-refractivity contribution < 1.29 is 30.8 Å². The van der Waals surface area contributed by atoms with Crippen molar-refractivity contribution in [3.05, 3.63) is 96.1 Å². The van der Waals surface area contributed by atoms with Crippen LogP contribution in [0.25, 0.3) is 55.2 Å². The summed E-state index contributed by atoms with van der Waals surface area (Å²) >= 11 is 0. The average Bonchev–Trinajstić information content (AvgIpc) is 3.29. The highest BCUT2D eigenvalue weighted by atomic mass is 19.4. The summed E-state index contributed by atoms with van der Waals surface area (Å²) in [7, 11) is 0. The van der Waals surface area contributed by atoms with Crippen LogP contribution in [0.3, 0.4) is 0 Å². The molecule has 0 N–H and O–H groups in total. The predicted octanol–water partition coefficient (Wildman–Crippen LogP) is 8.90. The molecule has 0 saturated heterocycles. The van der Waals surface area contributed by atoms with E-state index in [0.29, 0.717) is 28.2 Å². The first-order valence-corrected chi connectivity index (χ1v) is 11.1. The maximum atomic E-state index is 14.1. The third-order valence-corrected chi connectivity index (χ3v) is 6.21. The van der Waals surface area contributed by atoms with E-state index in [4.69, 9.17) is 4.42 Å². The first-order chi connectivity index (χ1) is 17.6. The van der Waals surface area contributed by atoms with Gasteiger partial charge < -0.3 is 4.42 Å². The topological polar surface area (TPSA) is 38.9 Å². The van der Waals surface area contributed by atoms with Crippen LogP contribution in [0, 0.1) is 0 Å². The first-order valence-electron chi connectivity index (χ1n) is 11.1. The summed E-state index contributed by atoms with van der Waals surface area (Å²) in [5.41, 5.74) is -3.75. The van der Waals surface area contributed by atoms with Crippen molar-refractivity contribution >= 4 is 32.5 Å². The quantitative estimate of drug-likeness (QED) is 0.173. The fourth-order valence-corrected chi connectivity index (χ4v) is 4.61. The molecular formula is C28H14F6N2O. The monoisotopic (exact) mass is 508 g/mol. The number of furan rings is 1. The van der Waals surface area contributed by atoms with E-state index < -0.39 is 29.0 Å². The van der Waals surface area contributed by atoms with Gasteiger partial charge in [0.25, 0.3) is 0 Å². The van der Waals surface area contributed by atoms with Gasteiger partial charge in [0.05, 0.1) is 11.1 Å². The Morgan fingerprint density at radius 3 is 1.78 bits per heavy atom. The number of fused-ring (bicyclic) bond motifs is 3. The van der Waals surface area contributed by atoms with Crippen molar-refractivity contribution in [2.24, 2.45) is 0 Å². The molecule has 0 bridgehead atoms. The number of para-hydroxylation sites is 1. The molecule has 0 aliphatic heterocycles. The first kappa shape index (κ1) is 23.0.